The van der Waals surface area contributed by atoms with Gasteiger partial charge >= 0.3 is 6.09 Å². The van der Waals surface area contributed by atoms with Crippen molar-refractivity contribution >= 4 is 29.3 Å². The Morgan fingerprint density at radius 3 is 2.09 bits per heavy atom. The number of hydrogen-bond donors (Lipinski definition) is 2. The molecule has 2 N–H and O–H groups in total. The first-order chi connectivity index (χ1) is 16.0. The Kier molecular flexibility index (Phi) is 9.56. The fraction of sp³-hybridized carbons (Fsp3) is 0.440. The van der Waals surface area contributed by atoms with Gasteiger partial charge in [-0.3, -0.25) is 19.9 Å². The molecule has 0 saturated carbocycles. The number of amides is 3. The van der Waals surface area contributed by atoms with E-state index < -0.39 is 17.6 Å². The van der Waals surface area contributed by atoms with E-state index in [1.807, 2.05) is 0 Å². The lowest BCUT2D eigenvalue weighted by molar-refractivity contribution is 0.0635. The molecule has 184 valence electrons. The molecule has 2 rings (SSSR count). The van der Waals surface area contributed by atoms with Crippen molar-refractivity contribution < 1.29 is 19.1 Å². The molecule has 0 aliphatic heterocycles. The maximum Gasteiger partial charge on any atom is 0.412 e. The van der Waals surface area contributed by atoms with Gasteiger partial charge in [-0.05, 0) is 58.1 Å². The highest BCUT2D eigenvalue weighted by Crippen LogP contribution is 2.22. The first-order valence-corrected chi connectivity index (χ1v) is 11.4. The Morgan fingerprint density at radius 2 is 1.56 bits per heavy atom. The first kappa shape index (κ1) is 26.8. The van der Waals surface area contributed by atoms with Crippen LogP contribution in [0.25, 0.3) is 0 Å². The minimum atomic E-state index is -0.648. The molecule has 0 bridgehead atoms. The number of carbonyl (C=O) groups excluding carboxylic acids is 3. The molecule has 2 aromatic rings. The molecule has 1 heterocycles. The summed E-state index contributed by atoms with van der Waals surface area (Å²) in [6.45, 7) is 12.7. The van der Waals surface area contributed by atoms with Crippen molar-refractivity contribution in [2.24, 2.45) is 0 Å². The van der Waals surface area contributed by atoms with E-state index in [1.54, 1.807) is 63.1 Å². The van der Waals surface area contributed by atoms with Crippen LogP contribution in [0.2, 0.25) is 0 Å². The Bertz CT molecular complexity index is 982. The molecule has 0 unspecified atom stereocenters. The molecule has 0 saturated heterocycles. The third-order valence-electron chi connectivity index (χ3n) is 5.05. The van der Waals surface area contributed by atoms with Gasteiger partial charge in [0.15, 0.2) is 0 Å². The molecule has 0 aliphatic rings. The lowest BCUT2D eigenvalue weighted by Gasteiger charge is -2.23. The summed E-state index contributed by atoms with van der Waals surface area (Å²) in [5, 5.41) is 5.38. The second kappa shape index (κ2) is 12.1. The summed E-state index contributed by atoms with van der Waals surface area (Å²) in [5.74, 6) is -0.620. The smallest absolute Gasteiger partial charge is 0.412 e. The number of hydrogen-bond acceptors (Lipinski definition) is 6. The van der Waals surface area contributed by atoms with Crippen LogP contribution in [-0.4, -0.2) is 71.5 Å². The zero-order chi connectivity index (χ0) is 25.3. The number of aromatic nitrogens is 1. The van der Waals surface area contributed by atoms with E-state index in [2.05, 4.69) is 34.4 Å². The number of carbonyl (C=O) groups is 3. The summed E-state index contributed by atoms with van der Waals surface area (Å²) < 4.78 is 5.27. The summed E-state index contributed by atoms with van der Waals surface area (Å²) in [5.41, 5.74) is 0.702. The summed E-state index contributed by atoms with van der Waals surface area (Å²) in [6, 6.07) is 9.88. The second-order valence-electron chi connectivity index (χ2n) is 8.81. The standard InChI is InChI=1S/C25H35N5O4/c1-7-30(8-2)16-15-29(6)23(32)18-13-14-21(26-17-18)22(31)27-19-11-9-10-12-20(19)28-24(33)34-25(3,4)5/h9-14,17H,7-8,15-16H2,1-6H3,(H,27,31)(H,28,33). The van der Waals surface area contributed by atoms with Crippen molar-refractivity contribution in [3.8, 4) is 0 Å². The van der Waals surface area contributed by atoms with Crippen molar-refractivity contribution in [1.29, 1.82) is 0 Å². The van der Waals surface area contributed by atoms with E-state index in [0.717, 1.165) is 19.6 Å². The van der Waals surface area contributed by atoms with Gasteiger partial charge in [0.1, 0.15) is 11.3 Å². The Morgan fingerprint density at radius 1 is 0.941 bits per heavy atom. The van der Waals surface area contributed by atoms with Gasteiger partial charge in [0.2, 0.25) is 0 Å². The Balaban J connectivity index is 2.03. The van der Waals surface area contributed by atoms with Gasteiger partial charge in [0.25, 0.3) is 11.8 Å². The van der Waals surface area contributed by atoms with Crippen molar-refractivity contribution in [1.82, 2.24) is 14.8 Å². The number of likely N-dealkylation sites (N-methyl/N-ethyl adjacent to an activating group) is 2. The van der Waals surface area contributed by atoms with Gasteiger partial charge < -0.3 is 19.9 Å². The molecule has 0 radical (unpaired) electrons. The van der Waals surface area contributed by atoms with Crippen molar-refractivity contribution in [3.63, 3.8) is 0 Å². The van der Waals surface area contributed by atoms with Gasteiger partial charge in [-0.2, -0.15) is 0 Å². The van der Waals surface area contributed by atoms with E-state index in [4.69, 9.17) is 4.74 Å². The molecular formula is C25H35N5O4. The quantitative estimate of drug-likeness (QED) is 0.573. The first-order valence-electron chi connectivity index (χ1n) is 11.4. The van der Waals surface area contributed by atoms with Crippen molar-refractivity contribution in [2.45, 2.75) is 40.2 Å². The van der Waals surface area contributed by atoms with Gasteiger partial charge in [0, 0.05) is 26.3 Å². The Hall–Kier alpha value is -3.46. The molecule has 0 atom stereocenters. The second-order valence-corrected chi connectivity index (χ2v) is 8.81. The topological polar surface area (TPSA) is 104 Å². The number of pyridine rings is 1. The zero-order valence-electron chi connectivity index (χ0n) is 20.8. The van der Waals surface area contributed by atoms with Gasteiger partial charge in [-0.25, -0.2) is 4.79 Å². The minimum absolute atomic E-state index is 0.148. The highest BCUT2D eigenvalue weighted by molar-refractivity contribution is 6.06. The number of para-hydroxylation sites is 2. The molecule has 0 aliphatic carbocycles. The fourth-order valence-electron chi connectivity index (χ4n) is 3.11. The SMILES string of the molecule is CCN(CC)CCN(C)C(=O)c1ccc(C(=O)Nc2ccccc2NC(=O)OC(C)(C)C)nc1. The number of nitrogens with zero attached hydrogens (tertiary/aromatic N) is 3. The van der Waals surface area contributed by atoms with E-state index in [1.165, 1.54) is 12.3 Å². The van der Waals surface area contributed by atoms with Gasteiger partial charge in [-0.1, -0.05) is 26.0 Å². The normalized spacial score (nSPS) is 11.1. The number of nitrogens with one attached hydrogen (secondary N) is 2. The lowest BCUT2D eigenvalue weighted by atomic mass is 10.2. The van der Waals surface area contributed by atoms with E-state index in [-0.39, 0.29) is 11.6 Å². The monoisotopic (exact) mass is 469 g/mol. The summed E-state index contributed by atoms with van der Waals surface area (Å²) in [7, 11) is 1.75. The zero-order valence-corrected chi connectivity index (χ0v) is 20.8. The number of rotatable bonds is 9. The summed E-state index contributed by atoms with van der Waals surface area (Å²) >= 11 is 0. The van der Waals surface area contributed by atoms with Crippen LogP contribution < -0.4 is 10.6 Å². The van der Waals surface area contributed by atoms with Gasteiger partial charge in [-0.15, -0.1) is 0 Å². The average molecular weight is 470 g/mol. The highest BCUT2D eigenvalue weighted by Gasteiger charge is 2.19. The van der Waals surface area contributed by atoms with Crippen LogP contribution in [0, 0.1) is 0 Å². The van der Waals surface area contributed by atoms with Crippen LogP contribution in [0.3, 0.4) is 0 Å². The molecule has 1 aromatic heterocycles. The predicted octanol–water partition coefficient (Wildman–Crippen LogP) is 4.09. The van der Waals surface area contributed by atoms with Crippen molar-refractivity contribution in [3.05, 3.63) is 53.9 Å². The number of ether oxygens (including phenoxy) is 1. The molecule has 9 nitrogen and oxygen atoms in total. The average Bonchev–Trinajstić information content (AvgIpc) is 2.79. The maximum absolute atomic E-state index is 12.7. The van der Waals surface area contributed by atoms with E-state index in [9.17, 15) is 14.4 Å². The van der Waals surface area contributed by atoms with Crippen LogP contribution in [0.5, 0.6) is 0 Å². The molecule has 0 spiro atoms. The molecular weight excluding hydrogens is 434 g/mol. The molecule has 0 fully saturated rings. The van der Waals surface area contributed by atoms with E-state index in [0.29, 0.717) is 23.5 Å². The molecule has 1 aromatic carbocycles. The van der Waals surface area contributed by atoms with Crippen LogP contribution >= 0.6 is 0 Å². The highest BCUT2D eigenvalue weighted by atomic mass is 16.6. The van der Waals surface area contributed by atoms with Crippen LogP contribution in [-0.2, 0) is 4.74 Å². The minimum Gasteiger partial charge on any atom is -0.444 e. The maximum atomic E-state index is 12.7. The Labute approximate surface area is 201 Å². The van der Waals surface area contributed by atoms with Crippen LogP contribution in [0.15, 0.2) is 42.6 Å². The van der Waals surface area contributed by atoms with Gasteiger partial charge in [0.05, 0.1) is 16.9 Å². The summed E-state index contributed by atoms with van der Waals surface area (Å²) in [6.07, 6.45) is 0.774. The fourth-order valence-corrected chi connectivity index (χ4v) is 3.11. The lowest BCUT2D eigenvalue weighted by Crippen LogP contribution is -2.36. The number of benzene rings is 1. The predicted molar refractivity (Wildman–Crippen MR) is 133 cm³/mol. The third kappa shape index (κ3) is 8.15. The molecule has 34 heavy (non-hydrogen) atoms. The molecule has 9 heteroatoms. The molecule has 3 amide bonds. The van der Waals surface area contributed by atoms with E-state index >= 15 is 0 Å². The van der Waals surface area contributed by atoms with Crippen molar-refractivity contribution in [2.75, 3.05) is 43.9 Å². The van der Waals surface area contributed by atoms with Crippen LogP contribution in [0.1, 0.15) is 55.5 Å². The largest absolute Gasteiger partial charge is 0.444 e. The van der Waals surface area contributed by atoms with Crippen LogP contribution in [0.4, 0.5) is 16.2 Å². The third-order valence-corrected chi connectivity index (χ3v) is 5.05. The summed E-state index contributed by atoms with van der Waals surface area (Å²) in [4.78, 5) is 45.6. The number of anilines is 2.